The van der Waals surface area contributed by atoms with E-state index in [0.29, 0.717) is 6.33 Å². The Bertz CT molecular complexity index is 580. The molecule has 0 aromatic heterocycles. The van der Waals surface area contributed by atoms with Crippen molar-refractivity contribution in [3.63, 3.8) is 0 Å². The van der Waals surface area contributed by atoms with Gasteiger partial charge in [-0.1, -0.05) is 57.1 Å². The molecule has 1 aromatic rings. The Labute approximate surface area is 150 Å². The molecule has 2 rings (SSSR count). The maximum absolute atomic E-state index is 13.6. The van der Waals surface area contributed by atoms with E-state index in [9.17, 15) is 8.78 Å². The third-order valence-corrected chi connectivity index (χ3v) is 5.53. The van der Waals surface area contributed by atoms with Gasteiger partial charge in [0.05, 0.1) is 11.9 Å². The molecule has 1 nitrogen and oxygen atoms in total. The van der Waals surface area contributed by atoms with Gasteiger partial charge in [0, 0.05) is 0 Å². The second-order valence-corrected chi connectivity index (χ2v) is 7.35. The van der Waals surface area contributed by atoms with Crippen molar-refractivity contribution in [2.45, 2.75) is 70.6 Å². The van der Waals surface area contributed by atoms with Crippen LogP contribution in [0.25, 0.3) is 0 Å². The van der Waals surface area contributed by atoms with Crippen molar-refractivity contribution in [1.82, 2.24) is 0 Å². The highest BCUT2D eigenvalue weighted by molar-refractivity contribution is 5.33. The lowest BCUT2D eigenvalue weighted by molar-refractivity contribution is 0.249. The third kappa shape index (κ3) is 6.98. The molecule has 0 N–H and O–H groups in total. The maximum Gasteiger partial charge on any atom is 0.141 e. The molecule has 3 heteroatoms. The van der Waals surface area contributed by atoms with Crippen LogP contribution in [0.15, 0.2) is 30.6 Å². The normalized spacial score (nSPS) is 20.7. The Kier molecular flexibility index (Phi) is 8.66. The molecule has 0 unspecified atom stereocenters. The highest BCUT2D eigenvalue weighted by Gasteiger charge is 2.20. The van der Waals surface area contributed by atoms with Crippen LogP contribution in [0.1, 0.15) is 75.3 Å². The molecule has 136 valence electrons. The molecular formula is C22H29F2N. The van der Waals surface area contributed by atoms with Gasteiger partial charge in [-0.05, 0) is 55.2 Å². The molecule has 0 radical (unpaired) electrons. The average molecular weight is 345 g/mol. The van der Waals surface area contributed by atoms with E-state index in [1.807, 2.05) is 12.1 Å². The Morgan fingerprint density at radius 1 is 1.04 bits per heavy atom. The fourth-order valence-electron chi connectivity index (χ4n) is 3.92. The van der Waals surface area contributed by atoms with E-state index < -0.39 is 5.82 Å². The summed E-state index contributed by atoms with van der Waals surface area (Å²) in [5.41, 5.74) is 1.13. The van der Waals surface area contributed by atoms with Crippen molar-refractivity contribution in [2.24, 2.45) is 11.8 Å². The van der Waals surface area contributed by atoms with Gasteiger partial charge in [-0.3, -0.25) is 0 Å². The van der Waals surface area contributed by atoms with Crippen molar-refractivity contribution in [1.29, 1.82) is 5.26 Å². The average Bonchev–Trinajstić information content (AvgIpc) is 2.64. The molecule has 1 fully saturated rings. The van der Waals surface area contributed by atoms with Crippen molar-refractivity contribution >= 4 is 0 Å². The van der Waals surface area contributed by atoms with Gasteiger partial charge in [-0.25, -0.2) is 8.78 Å². The Morgan fingerprint density at radius 2 is 1.76 bits per heavy atom. The van der Waals surface area contributed by atoms with E-state index in [1.54, 1.807) is 12.1 Å². The van der Waals surface area contributed by atoms with E-state index in [4.69, 9.17) is 5.26 Å². The van der Waals surface area contributed by atoms with Crippen LogP contribution in [0.4, 0.5) is 8.78 Å². The smallest absolute Gasteiger partial charge is 0.141 e. The first kappa shape index (κ1) is 19.6. The summed E-state index contributed by atoms with van der Waals surface area (Å²) < 4.78 is 25.5. The van der Waals surface area contributed by atoms with Crippen molar-refractivity contribution < 1.29 is 8.78 Å². The van der Waals surface area contributed by atoms with Crippen LogP contribution < -0.4 is 0 Å². The zero-order chi connectivity index (χ0) is 17.9. The van der Waals surface area contributed by atoms with Gasteiger partial charge >= 0.3 is 0 Å². The zero-order valence-corrected chi connectivity index (χ0v) is 15.0. The molecular weight excluding hydrogens is 316 g/mol. The van der Waals surface area contributed by atoms with Crippen LogP contribution in [0.3, 0.4) is 0 Å². The first-order valence-corrected chi connectivity index (χ1v) is 9.66. The second kappa shape index (κ2) is 11.0. The lowest BCUT2D eigenvalue weighted by atomic mass is 9.77. The summed E-state index contributed by atoms with van der Waals surface area (Å²) in [4.78, 5) is 0. The summed E-state index contributed by atoms with van der Waals surface area (Å²) in [6.07, 6.45) is 15.2. The molecule has 0 atom stereocenters. The lowest BCUT2D eigenvalue weighted by Crippen LogP contribution is -2.15. The minimum absolute atomic E-state index is 0.130. The first-order chi connectivity index (χ1) is 12.2. The number of aryl methyl sites for hydroxylation is 1. The first-order valence-electron chi connectivity index (χ1n) is 9.66. The number of nitrogens with zero attached hydrogens (tertiary/aromatic N) is 1. The number of rotatable bonds is 9. The predicted octanol–water partition coefficient (Wildman–Crippen LogP) is 6.87. The van der Waals surface area contributed by atoms with Gasteiger partial charge in [-0.15, -0.1) is 0 Å². The van der Waals surface area contributed by atoms with E-state index >= 15 is 0 Å². The van der Waals surface area contributed by atoms with Crippen LogP contribution >= 0.6 is 0 Å². The molecule has 0 amide bonds. The Balaban J connectivity index is 1.61. The van der Waals surface area contributed by atoms with Gasteiger partial charge in [0.2, 0.25) is 0 Å². The Hall–Kier alpha value is -1.69. The number of unbranched alkanes of at least 4 members (excludes halogenated alkanes) is 3. The Morgan fingerprint density at radius 3 is 2.40 bits per heavy atom. The quantitative estimate of drug-likeness (QED) is 0.448. The van der Waals surface area contributed by atoms with E-state index in [2.05, 4.69) is 0 Å². The summed E-state index contributed by atoms with van der Waals surface area (Å²) >= 11 is 0. The van der Waals surface area contributed by atoms with Crippen molar-refractivity contribution in [3.05, 3.63) is 47.5 Å². The van der Waals surface area contributed by atoms with Crippen LogP contribution in [0.2, 0.25) is 0 Å². The number of benzene rings is 1. The highest BCUT2D eigenvalue weighted by Crippen LogP contribution is 2.34. The second-order valence-electron chi connectivity index (χ2n) is 7.35. The highest BCUT2D eigenvalue weighted by atomic mass is 19.1. The third-order valence-electron chi connectivity index (χ3n) is 5.53. The number of hydrogen-bond donors (Lipinski definition) is 0. The molecule has 1 saturated carbocycles. The van der Waals surface area contributed by atoms with Gasteiger partial charge < -0.3 is 0 Å². The fraction of sp³-hybridized carbons (Fsp3) is 0.591. The maximum atomic E-state index is 13.6. The summed E-state index contributed by atoms with van der Waals surface area (Å²) in [6.45, 7) is 0. The number of allylic oxidation sites excluding steroid dienone is 1. The summed E-state index contributed by atoms with van der Waals surface area (Å²) in [6, 6.07) is 6.85. The number of halogens is 2. The molecule has 0 heterocycles. The monoisotopic (exact) mass is 345 g/mol. The lowest BCUT2D eigenvalue weighted by Gasteiger charge is -2.28. The predicted molar refractivity (Wildman–Crippen MR) is 98.2 cm³/mol. The zero-order valence-electron chi connectivity index (χ0n) is 15.0. The summed E-state index contributed by atoms with van der Waals surface area (Å²) in [7, 11) is 0. The van der Waals surface area contributed by atoms with Crippen LogP contribution in [-0.2, 0) is 6.42 Å². The molecule has 0 bridgehead atoms. The van der Waals surface area contributed by atoms with Crippen LogP contribution in [0, 0.1) is 29.0 Å². The molecule has 0 spiro atoms. The molecule has 1 aliphatic rings. The molecule has 25 heavy (non-hydrogen) atoms. The number of nitriles is 1. The van der Waals surface area contributed by atoms with Gasteiger partial charge in [0.15, 0.2) is 0 Å². The topological polar surface area (TPSA) is 23.8 Å². The van der Waals surface area contributed by atoms with E-state index in [-0.39, 0.29) is 5.56 Å². The molecule has 1 aromatic carbocycles. The van der Waals surface area contributed by atoms with Crippen LogP contribution in [-0.4, -0.2) is 0 Å². The summed E-state index contributed by atoms with van der Waals surface area (Å²) in [5.74, 6) is 1.22. The largest absolute Gasteiger partial charge is 0.216 e. The van der Waals surface area contributed by atoms with E-state index in [0.717, 1.165) is 43.1 Å². The minimum Gasteiger partial charge on any atom is -0.216 e. The fourth-order valence-corrected chi connectivity index (χ4v) is 3.92. The summed E-state index contributed by atoms with van der Waals surface area (Å²) in [5, 5.41) is 8.78. The van der Waals surface area contributed by atoms with Gasteiger partial charge in [0.1, 0.15) is 11.9 Å². The molecule has 0 saturated heterocycles. The SMILES string of the molecule is N#Cc1ccc(CCC2CCC(CCCCCC=CF)CC2)cc1F. The van der Waals surface area contributed by atoms with Crippen molar-refractivity contribution in [2.75, 3.05) is 0 Å². The van der Waals surface area contributed by atoms with Crippen LogP contribution in [0.5, 0.6) is 0 Å². The minimum atomic E-state index is -0.397. The molecule has 0 aliphatic heterocycles. The van der Waals surface area contributed by atoms with E-state index in [1.165, 1.54) is 51.0 Å². The number of hydrogen-bond acceptors (Lipinski definition) is 1. The molecule has 1 aliphatic carbocycles. The van der Waals surface area contributed by atoms with Gasteiger partial charge in [0.25, 0.3) is 0 Å². The standard InChI is InChI=1S/C22H29F2N/c23-15-5-3-1-2-4-6-18-7-9-19(10-8-18)11-12-20-13-14-21(17-25)22(24)16-20/h5,13-16,18-19H,1-4,6-12H2. The van der Waals surface area contributed by atoms with Gasteiger partial charge in [-0.2, -0.15) is 5.26 Å². The van der Waals surface area contributed by atoms with Crippen molar-refractivity contribution in [3.8, 4) is 6.07 Å².